The van der Waals surface area contributed by atoms with Crippen LogP contribution in [0.25, 0.3) is 0 Å². The number of hydrogen-bond donors (Lipinski definition) is 0. The highest BCUT2D eigenvalue weighted by molar-refractivity contribution is 6.36. The maximum atomic E-state index is 8.49. The van der Waals surface area contributed by atoms with Gasteiger partial charge in [-0.15, -0.1) is 5.11 Å². The van der Waals surface area contributed by atoms with Crippen molar-refractivity contribution in [3.8, 4) is 0 Å². The SMILES string of the molecule is Cc1cc(Cl)cc(Cl)c1N=[N]. The van der Waals surface area contributed by atoms with Crippen molar-refractivity contribution in [1.82, 2.24) is 5.53 Å². The van der Waals surface area contributed by atoms with E-state index >= 15 is 0 Å². The van der Waals surface area contributed by atoms with Crippen molar-refractivity contribution in [2.24, 2.45) is 5.11 Å². The fraction of sp³-hybridized carbons (Fsp3) is 0.143. The minimum absolute atomic E-state index is 0.359. The van der Waals surface area contributed by atoms with Crippen LogP contribution in [0.5, 0.6) is 0 Å². The van der Waals surface area contributed by atoms with Crippen LogP contribution in [0.15, 0.2) is 17.2 Å². The Kier molecular flexibility index (Phi) is 2.47. The Balaban J connectivity index is 3.36. The smallest absolute Gasteiger partial charge is 0.109 e. The van der Waals surface area contributed by atoms with Gasteiger partial charge < -0.3 is 0 Å². The van der Waals surface area contributed by atoms with Crippen molar-refractivity contribution in [3.05, 3.63) is 27.7 Å². The van der Waals surface area contributed by atoms with E-state index in [0.717, 1.165) is 5.56 Å². The second-order valence-corrected chi connectivity index (χ2v) is 3.00. The Morgan fingerprint density at radius 1 is 1.36 bits per heavy atom. The van der Waals surface area contributed by atoms with Crippen molar-refractivity contribution in [2.45, 2.75) is 6.92 Å². The molecule has 11 heavy (non-hydrogen) atoms. The van der Waals surface area contributed by atoms with E-state index < -0.39 is 0 Å². The predicted molar refractivity (Wildman–Crippen MR) is 45.4 cm³/mol. The van der Waals surface area contributed by atoms with Gasteiger partial charge in [0.15, 0.2) is 0 Å². The van der Waals surface area contributed by atoms with Gasteiger partial charge in [0.05, 0.1) is 5.02 Å². The molecule has 0 aliphatic heterocycles. The van der Waals surface area contributed by atoms with Crippen molar-refractivity contribution < 1.29 is 0 Å². The van der Waals surface area contributed by atoms with Crippen LogP contribution in [0, 0.1) is 6.92 Å². The lowest BCUT2D eigenvalue weighted by Crippen LogP contribution is -1.76. The van der Waals surface area contributed by atoms with Gasteiger partial charge in [0, 0.05) is 5.02 Å². The van der Waals surface area contributed by atoms with Gasteiger partial charge in [0.1, 0.15) is 5.69 Å². The van der Waals surface area contributed by atoms with Gasteiger partial charge in [0.25, 0.3) is 0 Å². The first-order valence-electron chi connectivity index (χ1n) is 2.96. The maximum absolute atomic E-state index is 8.49. The highest BCUT2D eigenvalue weighted by atomic mass is 35.5. The van der Waals surface area contributed by atoms with Gasteiger partial charge in [-0.1, -0.05) is 23.2 Å². The molecule has 0 saturated carbocycles. The zero-order valence-electron chi connectivity index (χ0n) is 5.81. The summed E-state index contributed by atoms with van der Waals surface area (Å²) in [6.07, 6.45) is 0. The highest BCUT2D eigenvalue weighted by Gasteiger charge is 2.03. The van der Waals surface area contributed by atoms with E-state index in [2.05, 4.69) is 5.11 Å². The van der Waals surface area contributed by atoms with Crippen LogP contribution in [0.1, 0.15) is 5.56 Å². The Labute approximate surface area is 74.6 Å². The summed E-state index contributed by atoms with van der Waals surface area (Å²) in [5, 5.41) is 3.92. The van der Waals surface area contributed by atoms with Crippen molar-refractivity contribution in [1.29, 1.82) is 0 Å². The number of benzene rings is 1. The van der Waals surface area contributed by atoms with E-state index in [0.29, 0.717) is 15.7 Å². The van der Waals surface area contributed by atoms with Crippen LogP contribution < -0.4 is 5.53 Å². The molecule has 1 aromatic rings. The lowest BCUT2D eigenvalue weighted by molar-refractivity contribution is 1.27. The zero-order valence-corrected chi connectivity index (χ0v) is 7.32. The number of nitrogens with zero attached hydrogens (tertiary/aromatic N) is 2. The second-order valence-electron chi connectivity index (χ2n) is 2.15. The fourth-order valence-corrected chi connectivity index (χ4v) is 1.45. The molecule has 0 unspecified atom stereocenters. The van der Waals surface area contributed by atoms with Crippen LogP contribution in [0.2, 0.25) is 10.0 Å². The molecule has 0 fully saturated rings. The van der Waals surface area contributed by atoms with E-state index in [9.17, 15) is 0 Å². The van der Waals surface area contributed by atoms with E-state index in [1.54, 1.807) is 13.0 Å². The third-order valence-corrected chi connectivity index (χ3v) is 1.83. The largest absolute Gasteiger partial charge is 0.127 e. The van der Waals surface area contributed by atoms with Crippen LogP contribution >= 0.6 is 23.2 Å². The molecule has 1 rings (SSSR count). The van der Waals surface area contributed by atoms with Gasteiger partial charge in [-0.25, -0.2) is 0 Å². The van der Waals surface area contributed by atoms with E-state index in [1.807, 2.05) is 0 Å². The molecule has 0 aliphatic carbocycles. The minimum atomic E-state index is 0.359. The summed E-state index contributed by atoms with van der Waals surface area (Å²) in [6, 6.07) is 3.22. The van der Waals surface area contributed by atoms with E-state index in [4.69, 9.17) is 28.7 Å². The van der Waals surface area contributed by atoms with Crippen molar-refractivity contribution in [2.75, 3.05) is 0 Å². The predicted octanol–water partition coefficient (Wildman–Crippen LogP) is 3.19. The molecule has 0 spiro atoms. The highest BCUT2D eigenvalue weighted by Crippen LogP contribution is 2.31. The second kappa shape index (κ2) is 3.20. The number of halogens is 2. The Bertz CT molecular complexity index is 273. The van der Waals surface area contributed by atoms with E-state index in [1.165, 1.54) is 6.07 Å². The Morgan fingerprint density at radius 3 is 2.45 bits per heavy atom. The normalized spacial score (nSPS) is 9.73. The average Bonchev–Trinajstić information content (AvgIpc) is 1.85. The summed E-state index contributed by atoms with van der Waals surface area (Å²) in [5.41, 5.74) is 9.61. The van der Waals surface area contributed by atoms with Crippen molar-refractivity contribution in [3.63, 3.8) is 0 Å². The van der Waals surface area contributed by atoms with Gasteiger partial charge >= 0.3 is 0 Å². The van der Waals surface area contributed by atoms with E-state index in [-0.39, 0.29) is 0 Å². The molecule has 57 valence electrons. The molecule has 0 amide bonds. The van der Waals surface area contributed by atoms with Gasteiger partial charge in [-0.3, -0.25) is 0 Å². The number of hydrogen-bond acceptors (Lipinski definition) is 1. The average molecular weight is 188 g/mol. The van der Waals surface area contributed by atoms with Crippen LogP contribution in [0.3, 0.4) is 0 Å². The molecular formula is C7H5Cl2N2. The molecule has 0 atom stereocenters. The molecule has 0 bridgehead atoms. The van der Waals surface area contributed by atoms with Gasteiger partial charge in [-0.2, -0.15) is 0 Å². The first kappa shape index (κ1) is 8.50. The first-order chi connectivity index (χ1) is 5.15. The Hall–Kier alpha value is -0.600. The summed E-state index contributed by atoms with van der Waals surface area (Å²) in [6.45, 7) is 1.77. The van der Waals surface area contributed by atoms with Crippen molar-refractivity contribution >= 4 is 28.9 Å². The maximum Gasteiger partial charge on any atom is 0.109 e. The number of aryl methyl sites for hydroxylation is 1. The molecule has 4 heteroatoms. The Morgan fingerprint density at radius 2 is 2.00 bits per heavy atom. The van der Waals surface area contributed by atoms with Crippen LogP contribution in [0.4, 0.5) is 5.69 Å². The molecule has 0 heterocycles. The molecule has 0 aromatic heterocycles. The monoisotopic (exact) mass is 187 g/mol. The summed E-state index contributed by atoms with van der Waals surface area (Å²) in [7, 11) is 0. The summed E-state index contributed by atoms with van der Waals surface area (Å²) in [4.78, 5) is 0. The molecule has 1 aromatic carbocycles. The lowest BCUT2D eigenvalue weighted by atomic mass is 10.2. The lowest BCUT2D eigenvalue weighted by Gasteiger charge is -2.00. The zero-order chi connectivity index (χ0) is 8.43. The minimum Gasteiger partial charge on any atom is -0.127 e. The molecule has 0 aliphatic rings. The van der Waals surface area contributed by atoms with Gasteiger partial charge in [-0.05, 0) is 30.2 Å². The molecular weight excluding hydrogens is 183 g/mol. The third-order valence-electron chi connectivity index (χ3n) is 1.32. The standard InChI is InChI=1S/C7H5Cl2N2/c1-4-2-5(8)3-6(9)7(4)11-10/h2-3H,1H3. The van der Waals surface area contributed by atoms with Crippen LogP contribution in [-0.4, -0.2) is 0 Å². The number of rotatable bonds is 1. The summed E-state index contributed by atoms with van der Waals surface area (Å²) < 4.78 is 0. The van der Waals surface area contributed by atoms with Crippen LogP contribution in [-0.2, 0) is 0 Å². The molecule has 0 N–H and O–H groups in total. The van der Waals surface area contributed by atoms with Gasteiger partial charge in [0.2, 0.25) is 0 Å². The molecule has 2 nitrogen and oxygen atoms in total. The fourth-order valence-electron chi connectivity index (χ4n) is 0.821. The first-order valence-corrected chi connectivity index (χ1v) is 3.71. The summed E-state index contributed by atoms with van der Waals surface area (Å²) >= 11 is 11.4. The third kappa shape index (κ3) is 1.70. The quantitative estimate of drug-likeness (QED) is 0.606. The summed E-state index contributed by atoms with van der Waals surface area (Å²) in [5.74, 6) is 0. The molecule has 0 saturated heterocycles. The topological polar surface area (TPSA) is 34.7 Å². The molecule has 1 radical (unpaired) electrons.